The normalized spacial score (nSPS) is 13.4. The van der Waals surface area contributed by atoms with E-state index in [9.17, 15) is 14.3 Å². The van der Waals surface area contributed by atoms with Gasteiger partial charge in [0.1, 0.15) is 13.2 Å². The summed E-state index contributed by atoms with van der Waals surface area (Å²) in [6.07, 6.45) is 16.6. The number of carbonyl (C=O) groups excluding carboxylic acids is 1. The Kier molecular flexibility index (Phi) is 16.0. The molecule has 0 saturated heterocycles. The molecule has 1 amide bonds. The first-order chi connectivity index (χ1) is 17.0. The molecule has 0 spiro atoms. The van der Waals surface area contributed by atoms with Crippen LogP contribution in [0.2, 0.25) is 0 Å². The van der Waals surface area contributed by atoms with Crippen molar-refractivity contribution in [3.63, 3.8) is 0 Å². The van der Waals surface area contributed by atoms with Crippen LogP contribution in [-0.2, 0) is 13.9 Å². The molecule has 0 aliphatic carbocycles. The molecule has 4 N–H and O–H groups in total. The molecule has 0 radical (unpaired) electrons. The number of quaternary nitrogens is 1. The summed E-state index contributed by atoms with van der Waals surface area (Å²) in [5.41, 5.74) is 6.53. The van der Waals surface area contributed by atoms with Crippen molar-refractivity contribution in [2.45, 2.75) is 96.8 Å². The second-order valence-corrected chi connectivity index (χ2v) is 12.1. The van der Waals surface area contributed by atoms with Crippen molar-refractivity contribution in [2.75, 3.05) is 45.3 Å². The first-order valence-electron chi connectivity index (χ1n) is 13.7. The van der Waals surface area contributed by atoms with Crippen molar-refractivity contribution in [2.24, 2.45) is 0 Å². The van der Waals surface area contributed by atoms with Crippen LogP contribution in [0.4, 0.5) is 11.4 Å². The van der Waals surface area contributed by atoms with E-state index in [0.29, 0.717) is 23.1 Å². The molecule has 0 fully saturated rings. The Morgan fingerprint density at radius 1 is 0.944 bits per heavy atom. The molecule has 9 heteroatoms. The Hall–Kier alpha value is -1.60. The number of nitrogen functional groups attached to an aromatic ring is 1. The number of unbranched alkanes of at least 4 members (excludes halogenated alkanes) is 12. The fourth-order valence-electron chi connectivity index (χ4n) is 3.82. The summed E-state index contributed by atoms with van der Waals surface area (Å²) in [6.45, 7) is 2.85. The maximum absolute atomic E-state index is 12.5. The topological polar surface area (TPSA) is 111 Å². The number of rotatable bonds is 21. The van der Waals surface area contributed by atoms with E-state index in [0.717, 1.165) is 19.3 Å². The molecule has 0 saturated carbocycles. The van der Waals surface area contributed by atoms with Crippen molar-refractivity contribution in [1.82, 2.24) is 0 Å². The SMILES string of the molecule is CCCCCCCCCCCCCCCC(=O)Nc1cc(N)ccc1OP(=O)(O)OCC[N+](C)(C)C. The highest BCUT2D eigenvalue weighted by atomic mass is 31.2. The molecule has 208 valence electrons. The van der Waals surface area contributed by atoms with Crippen LogP contribution in [0.25, 0.3) is 0 Å². The van der Waals surface area contributed by atoms with Crippen LogP contribution in [0.15, 0.2) is 18.2 Å². The zero-order chi connectivity index (χ0) is 26.9. The van der Waals surface area contributed by atoms with Gasteiger partial charge in [-0.15, -0.1) is 0 Å². The van der Waals surface area contributed by atoms with Gasteiger partial charge in [-0.1, -0.05) is 84.0 Å². The quantitative estimate of drug-likeness (QED) is 0.0693. The van der Waals surface area contributed by atoms with Crippen LogP contribution in [0.3, 0.4) is 0 Å². The number of nitrogens with two attached hydrogens (primary N) is 1. The average molecular weight is 529 g/mol. The van der Waals surface area contributed by atoms with E-state index in [4.69, 9.17) is 14.8 Å². The maximum atomic E-state index is 12.5. The third kappa shape index (κ3) is 17.0. The molecule has 0 heterocycles. The molecule has 0 aromatic heterocycles. The Morgan fingerprint density at radius 2 is 1.47 bits per heavy atom. The number of phosphoric ester groups is 1. The Balaban J connectivity index is 2.30. The largest absolute Gasteiger partial charge is 0.527 e. The highest BCUT2D eigenvalue weighted by Crippen LogP contribution is 2.46. The van der Waals surface area contributed by atoms with E-state index < -0.39 is 7.82 Å². The molecular formula is C27H51N3O5P+. The first kappa shape index (κ1) is 32.4. The number of anilines is 2. The molecule has 1 aromatic rings. The predicted molar refractivity (Wildman–Crippen MR) is 149 cm³/mol. The minimum Gasteiger partial charge on any atom is -0.402 e. The average Bonchev–Trinajstić information content (AvgIpc) is 2.77. The monoisotopic (exact) mass is 528 g/mol. The van der Waals surface area contributed by atoms with Crippen LogP contribution < -0.4 is 15.6 Å². The first-order valence-corrected chi connectivity index (χ1v) is 15.2. The number of hydrogen-bond acceptors (Lipinski definition) is 5. The fraction of sp³-hybridized carbons (Fsp3) is 0.741. The smallest absolute Gasteiger partial charge is 0.402 e. The van der Waals surface area contributed by atoms with E-state index >= 15 is 0 Å². The van der Waals surface area contributed by atoms with E-state index in [1.54, 1.807) is 6.07 Å². The zero-order valence-electron chi connectivity index (χ0n) is 23.1. The summed E-state index contributed by atoms with van der Waals surface area (Å²) in [6, 6.07) is 4.52. The third-order valence-electron chi connectivity index (χ3n) is 6.02. The van der Waals surface area contributed by atoms with E-state index in [2.05, 4.69) is 12.2 Å². The molecule has 0 aliphatic rings. The van der Waals surface area contributed by atoms with Crippen LogP contribution in [-0.4, -0.2) is 49.6 Å². The number of hydrogen-bond donors (Lipinski definition) is 3. The Bertz CT molecular complexity index is 798. The molecule has 1 atom stereocenters. The van der Waals surface area contributed by atoms with Gasteiger partial charge < -0.3 is 20.1 Å². The third-order valence-corrected chi connectivity index (χ3v) is 6.95. The molecule has 36 heavy (non-hydrogen) atoms. The number of benzene rings is 1. The van der Waals surface area contributed by atoms with Gasteiger partial charge >= 0.3 is 7.82 Å². The Labute approximate surface area is 219 Å². The van der Waals surface area contributed by atoms with Gasteiger partial charge in [0.25, 0.3) is 0 Å². The van der Waals surface area contributed by atoms with Gasteiger partial charge in [0.05, 0.1) is 26.8 Å². The summed E-state index contributed by atoms with van der Waals surface area (Å²) in [5, 5.41) is 2.76. The number of likely N-dealkylation sites (N-methyl/N-ethyl adjacent to an activating group) is 1. The minimum atomic E-state index is -4.34. The summed E-state index contributed by atoms with van der Waals surface area (Å²) in [4.78, 5) is 22.5. The molecule has 8 nitrogen and oxygen atoms in total. The number of phosphoric acid groups is 1. The standard InChI is InChI=1S/C27H50N3O5P/c1-5-6-7-8-9-10-11-12-13-14-15-16-17-18-27(31)29-25-23-24(28)19-20-26(25)35-36(32,33)34-22-21-30(2,3)4/h19-20,23H,5-18,21-22,28H2,1-4H3,(H-,29,31,32,33)/p+1. The number of carbonyl (C=O) groups is 1. The number of nitrogens with one attached hydrogen (secondary N) is 1. The van der Waals surface area contributed by atoms with Gasteiger partial charge in [-0.3, -0.25) is 14.2 Å². The van der Waals surface area contributed by atoms with Crippen LogP contribution >= 0.6 is 7.82 Å². The summed E-state index contributed by atoms with van der Waals surface area (Å²) >= 11 is 0. The lowest BCUT2D eigenvalue weighted by Crippen LogP contribution is -2.37. The van der Waals surface area contributed by atoms with Crippen molar-refractivity contribution >= 4 is 25.1 Å². The van der Waals surface area contributed by atoms with E-state index in [-0.39, 0.29) is 24.0 Å². The second-order valence-electron chi connectivity index (χ2n) is 10.7. The van der Waals surface area contributed by atoms with Crippen molar-refractivity contribution in [3.8, 4) is 5.75 Å². The summed E-state index contributed by atoms with van der Waals surface area (Å²) in [5.74, 6) is -0.119. The zero-order valence-corrected chi connectivity index (χ0v) is 24.0. The van der Waals surface area contributed by atoms with Gasteiger partial charge in [-0.05, 0) is 24.6 Å². The van der Waals surface area contributed by atoms with Crippen LogP contribution in [0.5, 0.6) is 5.75 Å². The highest BCUT2D eigenvalue weighted by molar-refractivity contribution is 7.47. The fourth-order valence-corrected chi connectivity index (χ4v) is 4.59. The second kappa shape index (κ2) is 17.8. The minimum absolute atomic E-state index is 0.0546. The molecule has 1 rings (SSSR count). The number of amides is 1. The lowest BCUT2D eigenvalue weighted by Gasteiger charge is -2.24. The summed E-state index contributed by atoms with van der Waals surface area (Å²) in [7, 11) is 1.53. The lowest BCUT2D eigenvalue weighted by molar-refractivity contribution is -0.870. The molecular weight excluding hydrogens is 477 g/mol. The van der Waals surface area contributed by atoms with Crippen molar-refractivity contribution < 1.29 is 27.8 Å². The Morgan fingerprint density at radius 3 is 2.00 bits per heavy atom. The number of nitrogens with zero attached hydrogens (tertiary/aromatic N) is 1. The molecule has 0 bridgehead atoms. The maximum Gasteiger partial charge on any atom is 0.527 e. The highest BCUT2D eigenvalue weighted by Gasteiger charge is 2.26. The lowest BCUT2D eigenvalue weighted by atomic mass is 10.0. The van der Waals surface area contributed by atoms with Crippen LogP contribution in [0.1, 0.15) is 96.8 Å². The predicted octanol–water partition coefficient (Wildman–Crippen LogP) is 6.89. The molecule has 1 aromatic carbocycles. The van der Waals surface area contributed by atoms with E-state index in [1.807, 2.05) is 21.1 Å². The van der Waals surface area contributed by atoms with Crippen molar-refractivity contribution in [3.05, 3.63) is 18.2 Å². The van der Waals surface area contributed by atoms with Gasteiger partial charge in [0, 0.05) is 12.1 Å². The van der Waals surface area contributed by atoms with Crippen LogP contribution in [0, 0.1) is 0 Å². The molecule has 0 aliphatic heterocycles. The van der Waals surface area contributed by atoms with Crippen molar-refractivity contribution in [1.29, 1.82) is 0 Å². The van der Waals surface area contributed by atoms with Gasteiger partial charge in [-0.2, -0.15) is 0 Å². The summed E-state index contributed by atoms with van der Waals surface area (Å²) < 4.78 is 23.3. The molecule has 1 unspecified atom stereocenters. The van der Waals surface area contributed by atoms with Gasteiger partial charge in [-0.25, -0.2) is 4.57 Å². The van der Waals surface area contributed by atoms with Gasteiger partial charge in [0.15, 0.2) is 5.75 Å². The van der Waals surface area contributed by atoms with Gasteiger partial charge in [0.2, 0.25) is 5.91 Å². The van der Waals surface area contributed by atoms with E-state index in [1.165, 1.54) is 76.3 Å².